The van der Waals surface area contributed by atoms with E-state index in [0.717, 1.165) is 21.9 Å². The van der Waals surface area contributed by atoms with Gasteiger partial charge in [0.25, 0.3) is 0 Å². The minimum absolute atomic E-state index is 0.487. The van der Waals surface area contributed by atoms with Crippen LogP contribution in [0.4, 0.5) is 0 Å². The van der Waals surface area contributed by atoms with Crippen LogP contribution >= 0.6 is 0 Å². The first-order chi connectivity index (χ1) is 11.8. The molecule has 0 fully saturated rings. The van der Waals surface area contributed by atoms with Gasteiger partial charge in [-0.1, -0.05) is 0 Å². The summed E-state index contributed by atoms with van der Waals surface area (Å²) >= 11 is 0. The van der Waals surface area contributed by atoms with Gasteiger partial charge in [0.05, 0.1) is 37.7 Å². The van der Waals surface area contributed by atoms with Crippen LogP contribution in [0.1, 0.15) is 0 Å². The van der Waals surface area contributed by atoms with Crippen LogP contribution in [0.15, 0.2) is 58.0 Å². The molecule has 0 unspecified atom stereocenters. The van der Waals surface area contributed by atoms with Crippen molar-refractivity contribution in [2.45, 2.75) is 0 Å². The second-order valence-corrected chi connectivity index (χ2v) is 5.06. The molecule has 120 valence electrons. The fraction of sp³-hybridized carbons (Fsp3) is 0.111. The molecule has 4 rings (SSSR count). The van der Waals surface area contributed by atoms with Crippen molar-refractivity contribution in [1.29, 1.82) is 0 Å². The molecule has 0 aliphatic rings. The quantitative estimate of drug-likeness (QED) is 0.561. The lowest BCUT2D eigenvalue weighted by Crippen LogP contribution is -1.94. The van der Waals surface area contributed by atoms with Crippen LogP contribution in [0, 0.1) is 0 Å². The van der Waals surface area contributed by atoms with E-state index in [0.29, 0.717) is 23.3 Å². The third-order valence-corrected chi connectivity index (χ3v) is 3.86. The molecule has 0 amide bonds. The van der Waals surface area contributed by atoms with Gasteiger partial charge in [0.1, 0.15) is 24.0 Å². The van der Waals surface area contributed by atoms with Crippen molar-refractivity contribution in [3.05, 3.63) is 49.2 Å². The van der Waals surface area contributed by atoms with Crippen LogP contribution in [0.3, 0.4) is 0 Å². The molecule has 0 saturated heterocycles. The summed E-state index contributed by atoms with van der Waals surface area (Å²) in [6, 6.07) is 7.63. The largest absolute Gasteiger partial charge is 0.496 e. The van der Waals surface area contributed by atoms with E-state index in [1.807, 2.05) is 24.3 Å². The van der Waals surface area contributed by atoms with Crippen molar-refractivity contribution in [3.8, 4) is 34.4 Å². The second-order valence-electron chi connectivity index (χ2n) is 5.06. The fourth-order valence-corrected chi connectivity index (χ4v) is 2.84. The van der Waals surface area contributed by atoms with Crippen LogP contribution in [0.25, 0.3) is 33.7 Å². The standard InChI is InChI=1S/C18H14N2O4/c1-21-13-5-3-12-11(15(13)17-19-7-9-23-17)4-6-14(22-2)16(12)18-20-8-10-24-18/h3-10H,1-2H3. The van der Waals surface area contributed by atoms with Gasteiger partial charge in [-0.05, 0) is 35.0 Å². The van der Waals surface area contributed by atoms with Gasteiger partial charge >= 0.3 is 0 Å². The van der Waals surface area contributed by atoms with E-state index in [4.69, 9.17) is 18.3 Å². The van der Waals surface area contributed by atoms with Crippen molar-refractivity contribution in [2.75, 3.05) is 14.2 Å². The Morgan fingerprint density at radius 1 is 0.708 bits per heavy atom. The van der Waals surface area contributed by atoms with Crippen LogP contribution in [0.5, 0.6) is 11.5 Å². The maximum atomic E-state index is 5.50. The average Bonchev–Trinajstić information content (AvgIpc) is 3.33. The van der Waals surface area contributed by atoms with Crippen LogP contribution in [-0.2, 0) is 0 Å². The first kappa shape index (κ1) is 14.3. The summed E-state index contributed by atoms with van der Waals surface area (Å²) in [6.07, 6.45) is 6.27. The number of ether oxygens (including phenoxy) is 2. The monoisotopic (exact) mass is 322 g/mol. The van der Waals surface area contributed by atoms with Gasteiger partial charge < -0.3 is 18.3 Å². The summed E-state index contributed by atoms with van der Waals surface area (Å²) in [4.78, 5) is 8.53. The summed E-state index contributed by atoms with van der Waals surface area (Å²) in [6.45, 7) is 0. The van der Waals surface area contributed by atoms with E-state index in [1.165, 1.54) is 12.5 Å². The number of rotatable bonds is 4. The number of fused-ring (bicyclic) bond motifs is 1. The molecule has 0 aliphatic carbocycles. The highest BCUT2D eigenvalue weighted by atomic mass is 16.5. The fourth-order valence-electron chi connectivity index (χ4n) is 2.84. The molecule has 4 aromatic rings. The number of aromatic nitrogens is 2. The van der Waals surface area contributed by atoms with E-state index in [2.05, 4.69) is 9.97 Å². The molecule has 0 N–H and O–H groups in total. The summed E-state index contributed by atoms with van der Waals surface area (Å²) < 4.78 is 22.0. The molecule has 2 aromatic heterocycles. The van der Waals surface area contributed by atoms with E-state index >= 15 is 0 Å². The Balaban J connectivity index is 2.11. The summed E-state index contributed by atoms with van der Waals surface area (Å²) in [5, 5.41) is 1.82. The van der Waals surface area contributed by atoms with Gasteiger partial charge in [-0.15, -0.1) is 0 Å². The number of methoxy groups -OCH3 is 2. The summed E-state index contributed by atoms with van der Waals surface area (Å²) in [5.41, 5.74) is 1.55. The molecule has 6 heteroatoms. The lowest BCUT2D eigenvalue weighted by Gasteiger charge is -2.13. The minimum atomic E-state index is 0.487. The minimum Gasteiger partial charge on any atom is -0.496 e. The topological polar surface area (TPSA) is 70.5 Å². The summed E-state index contributed by atoms with van der Waals surface area (Å²) in [5.74, 6) is 2.32. The maximum Gasteiger partial charge on any atom is 0.230 e. The maximum absolute atomic E-state index is 5.50. The molecule has 2 heterocycles. The number of hydrogen-bond acceptors (Lipinski definition) is 6. The first-order valence-electron chi connectivity index (χ1n) is 7.31. The van der Waals surface area contributed by atoms with Crippen molar-refractivity contribution in [2.24, 2.45) is 0 Å². The van der Waals surface area contributed by atoms with Crippen LogP contribution in [-0.4, -0.2) is 24.2 Å². The highest BCUT2D eigenvalue weighted by molar-refractivity contribution is 6.06. The smallest absolute Gasteiger partial charge is 0.230 e. The van der Waals surface area contributed by atoms with Crippen LogP contribution in [0.2, 0.25) is 0 Å². The molecule has 24 heavy (non-hydrogen) atoms. The van der Waals surface area contributed by atoms with Crippen molar-refractivity contribution >= 4 is 10.8 Å². The zero-order valence-electron chi connectivity index (χ0n) is 13.1. The van der Waals surface area contributed by atoms with Gasteiger partial charge in [0.15, 0.2) is 0 Å². The zero-order chi connectivity index (χ0) is 16.5. The Kier molecular flexibility index (Phi) is 3.42. The van der Waals surface area contributed by atoms with Gasteiger partial charge in [-0.25, -0.2) is 9.97 Å². The predicted molar refractivity (Wildman–Crippen MR) is 88.0 cm³/mol. The lowest BCUT2D eigenvalue weighted by molar-refractivity contribution is 0.413. The van der Waals surface area contributed by atoms with Crippen molar-refractivity contribution < 1.29 is 18.3 Å². The Bertz CT molecular complexity index is 895. The van der Waals surface area contributed by atoms with E-state index in [1.54, 1.807) is 26.6 Å². The number of nitrogens with zero attached hydrogens (tertiary/aromatic N) is 2. The molecular weight excluding hydrogens is 308 g/mol. The highest BCUT2D eigenvalue weighted by Gasteiger charge is 2.20. The first-order valence-corrected chi connectivity index (χ1v) is 7.31. The van der Waals surface area contributed by atoms with Gasteiger partial charge in [0, 0.05) is 0 Å². The number of oxazole rings is 2. The molecule has 0 radical (unpaired) electrons. The van der Waals surface area contributed by atoms with E-state index < -0.39 is 0 Å². The molecule has 0 aliphatic heterocycles. The van der Waals surface area contributed by atoms with Crippen molar-refractivity contribution in [1.82, 2.24) is 9.97 Å². The third-order valence-electron chi connectivity index (χ3n) is 3.86. The lowest BCUT2D eigenvalue weighted by atomic mass is 9.98. The van der Waals surface area contributed by atoms with E-state index in [-0.39, 0.29) is 0 Å². The molecule has 0 atom stereocenters. The molecule has 0 bridgehead atoms. The van der Waals surface area contributed by atoms with Gasteiger partial charge in [-0.3, -0.25) is 0 Å². The molecule has 0 spiro atoms. The SMILES string of the molecule is COc1ccc2c(-c3ncco3)c(OC)ccc2c1-c1ncco1. The Hall–Kier alpha value is -3.28. The average molecular weight is 322 g/mol. The third kappa shape index (κ3) is 2.11. The normalized spacial score (nSPS) is 10.9. The van der Waals surface area contributed by atoms with Crippen LogP contribution < -0.4 is 9.47 Å². The van der Waals surface area contributed by atoms with E-state index in [9.17, 15) is 0 Å². The molecule has 2 aromatic carbocycles. The summed E-state index contributed by atoms with van der Waals surface area (Å²) in [7, 11) is 3.23. The molecule has 6 nitrogen and oxygen atoms in total. The predicted octanol–water partition coefficient (Wildman–Crippen LogP) is 4.17. The Labute approximate surface area is 137 Å². The Morgan fingerprint density at radius 3 is 1.50 bits per heavy atom. The Morgan fingerprint density at radius 2 is 1.17 bits per heavy atom. The molecular formula is C18H14N2O4. The highest BCUT2D eigenvalue weighted by Crippen LogP contribution is 2.43. The number of benzene rings is 2. The number of hydrogen-bond donors (Lipinski definition) is 0. The zero-order valence-corrected chi connectivity index (χ0v) is 13.1. The van der Waals surface area contributed by atoms with Gasteiger partial charge in [0.2, 0.25) is 11.8 Å². The molecule has 0 saturated carbocycles. The second kappa shape index (κ2) is 5.73. The van der Waals surface area contributed by atoms with Gasteiger partial charge in [-0.2, -0.15) is 0 Å². The van der Waals surface area contributed by atoms with Crippen molar-refractivity contribution in [3.63, 3.8) is 0 Å².